The molecular weight excluding hydrogens is 773 g/mol. The molecule has 0 aliphatic rings. The first-order valence-electron chi connectivity index (χ1n) is 22.1. The number of aliphatic carboxylic acids is 1. The van der Waals surface area contributed by atoms with Gasteiger partial charge in [0.1, 0.15) is 12.6 Å². The van der Waals surface area contributed by atoms with E-state index < -0.39 is 57.2 Å². The van der Waals surface area contributed by atoms with Gasteiger partial charge in [0.25, 0.3) is 0 Å². The van der Waals surface area contributed by atoms with Gasteiger partial charge >= 0.3 is 25.7 Å². The molecule has 0 aromatic heterocycles. The number of phosphoric ester groups is 1. The third kappa shape index (κ3) is 40.1. The van der Waals surface area contributed by atoms with Gasteiger partial charge in [0.15, 0.2) is 6.10 Å². The number of carboxylic acids is 1. The number of unbranched alkanes of at least 4 members (excludes halogenated alkanes) is 14. The fourth-order valence-corrected chi connectivity index (χ4v) is 6.24. The summed E-state index contributed by atoms with van der Waals surface area (Å²) in [6, 6.07) is -1.54. The molecule has 1 unspecified atom stereocenters. The Morgan fingerprint density at radius 1 is 0.610 bits per heavy atom. The number of ether oxygens (including phenoxy) is 2. The standard InChI is InChI=1S/C46H78NO11P/c1-3-5-6-7-8-9-10-11-12-13-14-19-22-25-28-31-34-37-45(50)58-42(39-56-59(53,54)57-40-43(47)46(51)52)38-55-44(49)36-33-30-27-24-21-18-16-15-17-20-23-26-29-32-35-41(48)4-2/h11-12,16-18,20,24,26-27,29,32,35,41-43,48H,3-10,13-15,19,21-23,25,28,30-31,33-34,36-40,47H2,1-2H3,(H,51,52)(H,53,54)/b12-11-,18-16-,20-17-,27-24-,29-26-,35-32+/t41-,42+,43-/m0/s1. The van der Waals surface area contributed by atoms with E-state index in [1.54, 1.807) is 6.08 Å². The van der Waals surface area contributed by atoms with Gasteiger partial charge in [-0.1, -0.05) is 151 Å². The fraction of sp³-hybridized carbons (Fsp3) is 0.674. The quantitative estimate of drug-likeness (QED) is 0.0150. The maximum Gasteiger partial charge on any atom is 0.472 e. The maximum atomic E-state index is 12.6. The average Bonchev–Trinajstić information content (AvgIpc) is 3.21. The van der Waals surface area contributed by atoms with Crippen LogP contribution in [0.5, 0.6) is 0 Å². The van der Waals surface area contributed by atoms with Crippen molar-refractivity contribution in [2.75, 3.05) is 19.8 Å². The predicted molar refractivity (Wildman–Crippen MR) is 237 cm³/mol. The third-order valence-corrected chi connectivity index (χ3v) is 10.0. The van der Waals surface area contributed by atoms with Crippen molar-refractivity contribution >= 4 is 25.7 Å². The van der Waals surface area contributed by atoms with Gasteiger partial charge in [-0.05, 0) is 70.6 Å². The molecule has 0 saturated carbocycles. The number of hydrogen-bond donors (Lipinski definition) is 4. The molecule has 0 rings (SSSR count). The van der Waals surface area contributed by atoms with E-state index in [1.165, 1.54) is 57.8 Å². The smallest absolute Gasteiger partial charge is 0.472 e. The molecule has 13 heteroatoms. The molecule has 0 radical (unpaired) electrons. The Kier molecular flexibility index (Phi) is 38.2. The molecule has 0 heterocycles. The molecule has 0 aliphatic carbocycles. The SMILES string of the molecule is CCCCCCCC/C=C\CCCCCCCCCC(=O)O[C@H](COC(=O)CCC/C=C\C/C=C\C/C=C\C/C=C\C=C\[C@@H](O)CC)COP(=O)(O)OC[C@H](N)C(=O)O. The molecule has 338 valence electrons. The summed E-state index contributed by atoms with van der Waals surface area (Å²) in [5, 5.41) is 18.4. The van der Waals surface area contributed by atoms with Gasteiger partial charge in [-0.15, -0.1) is 0 Å². The van der Waals surface area contributed by atoms with Crippen molar-refractivity contribution in [3.8, 4) is 0 Å². The Balaban J connectivity index is 4.48. The third-order valence-electron chi connectivity index (χ3n) is 9.10. The predicted octanol–water partition coefficient (Wildman–Crippen LogP) is 10.7. The van der Waals surface area contributed by atoms with Crippen LogP contribution in [0.4, 0.5) is 0 Å². The lowest BCUT2D eigenvalue weighted by Crippen LogP contribution is -2.34. The lowest BCUT2D eigenvalue weighted by atomic mass is 10.1. The van der Waals surface area contributed by atoms with Crippen molar-refractivity contribution < 1.29 is 52.6 Å². The molecule has 0 aromatic rings. The molecule has 0 fully saturated rings. The monoisotopic (exact) mass is 852 g/mol. The number of carbonyl (C=O) groups is 3. The summed E-state index contributed by atoms with van der Waals surface area (Å²) >= 11 is 0. The highest BCUT2D eigenvalue weighted by molar-refractivity contribution is 7.47. The van der Waals surface area contributed by atoms with Crippen LogP contribution in [0.15, 0.2) is 72.9 Å². The van der Waals surface area contributed by atoms with Gasteiger partial charge in [0.2, 0.25) is 0 Å². The highest BCUT2D eigenvalue weighted by atomic mass is 31.2. The second-order valence-electron chi connectivity index (χ2n) is 14.6. The minimum absolute atomic E-state index is 0.126. The molecule has 0 saturated heterocycles. The first-order valence-corrected chi connectivity index (χ1v) is 23.6. The average molecular weight is 852 g/mol. The van der Waals surface area contributed by atoms with Gasteiger partial charge in [0.05, 0.1) is 19.3 Å². The number of carboxylic acid groups (broad SMARTS) is 1. The van der Waals surface area contributed by atoms with Crippen LogP contribution in [-0.4, -0.2) is 71.1 Å². The summed E-state index contributed by atoms with van der Waals surface area (Å²) in [4.78, 5) is 46.0. The number of rotatable bonds is 40. The van der Waals surface area contributed by atoms with Crippen LogP contribution in [0.25, 0.3) is 0 Å². The van der Waals surface area contributed by atoms with Crippen LogP contribution < -0.4 is 5.73 Å². The molecule has 59 heavy (non-hydrogen) atoms. The molecule has 0 aliphatic heterocycles. The van der Waals surface area contributed by atoms with E-state index >= 15 is 0 Å². The van der Waals surface area contributed by atoms with Crippen LogP contribution in [0.3, 0.4) is 0 Å². The number of carbonyl (C=O) groups excluding carboxylic acids is 2. The zero-order valence-electron chi connectivity index (χ0n) is 36.2. The van der Waals surface area contributed by atoms with E-state index in [4.69, 9.17) is 24.8 Å². The minimum Gasteiger partial charge on any atom is -0.480 e. The molecular formula is C46H78NO11P. The highest BCUT2D eigenvalue weighted by Gasteiger charge is 2.28. The largest absolute Gasteiger partial charge is 0.480 e. The molecule has 0 bridgehead atoms. The van der Waals surface area contributed by atoms with Crippen LogP contribution >= 0.6 is 7.82 Å². The summed E-state index contributed by atoms with van der Waals surface area (Å²) in [7, 11) is -4.74. The number of allylic oxidation sites excluding steroid dienone is 11. The summed E-state index contributed by atoms with van der Waals surface area (Å²) in [6.07, 6.45) is 44.9. The molecule has 12 nitrogen and oxygen atoms in total. The van der Waals surface area contributed by atoms with Crippen molar-refractivity contribution in [2.45, 2.75) is 180 Å². The summed E-state index contributed by atoms with van der Waals surface area (Å²) < 4.78 is 32.6. The molecule has 0 spiro atoms. The number of nitrogens with two attached hydrogens (primary N) is 1. The normalized spacial score (nSPS) is 14.9. The molecule has 0 aromatic carbocycles. The van der Waals surface area contributed by atoms with E-state index in [1.807, 2.05) is 37.3 Å². The summed E-state index contributed by atoms with van der Waals surface area (Å²) in [5.41, 5.74) is 5.33. The first kappa shape index (κ1) is 55.9. The summed E-state index contributed by atoms with van der Waals surface area (Å²) in [6.45, 7) is 2.39. The minimum atomic E-state index is -4.74. The first-order chi connectivity index (χ1) is 28.5. The molecule has 0 amide bonds. The van der Waals surface area contributed by atoms with Gasteiger partial charge in [-0.2, -0.15) is 0 Å². The topological polar surface area (TPSA) is 192 Å². The lowest BCUT2D eigenvalue weighted by Gasteiger charge is -2.20. The Morgan fingerprint density at radius 2 is 1.10 bits per heavy atom. The van der Waals surface area contributed by atoms with Crippen molar-refractivity contribution in [1.29, 1.82) is 0 Å². The number of esters is 2. The van der Waals surface area contributed by atoms with E-state index in [2.05, 4.69) is 47.9 Å². The zero-order valence-corrected chi connectivity index (χ0v) is 37.1. The van der Waals surface area contributed by atoms with Crippen molar-refractivity contribution in [3.63, 3.8) is 0 Å². The Bertz CT molecular complexity index is 1290. The van der Waals surface area contributed by atoms with Crippen molar-refractivity contribution in [1.82, 2.24) is 0 Å². The molecule has 4 atom stereocenters. The van der Waals surface area contributed by atoms with Crippen LogP contribution in [0.2, 0.25) is 0 Å². The van der Waals surface area contributed by atoms with Gasteiger partial charge in [0, 0.05) is 12.8 Å². The van der Waals surface area contributed by atoms with Crippen molar-refractivity contribution in [3.05, 3.63) is 72.9 Å². The Morgan fingerprint density at radius 3 is 1.69 bits per heavy atom. The number of hydrogen-bond acceptors (Lipinski definition) is 10. The van der Waals surface area contributed by atoms with E-state index in [9.17, 15) is 28.9 Å². The lowest BCUT2D eigenvalue weighted by molar-refractivity contribution is -0.161. The van der Waals surface area contributed by atoms with Crippen molar-refractivity contribution in [2.24, 2.45) is 5.73 Å². The van der Waals surface area contributed by atoms with Crippen LogP contribution in [-0.2, 0) is 37.5 Å². The molecule has 5 N–H and O–H groups in total. The summed E-state index contributed by atoms with van der Waals surface area (Å²) in [5.74, 6) is -2.49. The maximum absolute atomic E-state index is 12.6. The van der Waals surface area contributed by atoms with Crippen LogP contribution in [0.1, 0.15) is 162 Å². The number of phosphoric acid groups is 1. The number of aliphatic hydroxyl groups excluding tert-OH is 1. The second-order valence-corrected chi connectivity index (χ2v) is 16.1. The van der Waals surface area contributed by atoms with Gasteiger partial charge < -0.3 is 30.3 Å². The van der Waals surface area contributed by atoms with Crippen LogP contribution in [0, 0.1) is 0 Å². The second kappa shape index (κ2) is 40.3. The van der Waals surface area contributed by atoms with Gasteiger partial charge in [-0.3, -0.25) is 23.4 Å². The van der Waals surface area contributed by atoms with E-state index in [-0.39, 0.29) is 19.4 Å². The fourth-order valence-electron chi connectivity index (χ4n) is 5.46. The Hall–Kier alpha value is -3.12. The zero-order chi connectivity index (χ0) is 43.7. The Labute approximate surface area is 355 Å². The highest BCUT2D eigenvalue weighted by Crippen LogP contribution is 2.43. The van der Waals surface area contributed by atoms with Gasteiger partial charge in [-0.25, -0.2) is 4.57 Å². The van der Waals surface area contributed by atoms with E-state index in [0.29, 0.717) is 25.7 Å². The van der Waals surface area contributed by atoms with E-state index in [0.717, 1.165) is 51.4 Å². The number of aliphatic hydroxyl groups is 1.